The fraction of sp³-hybridized carbons (Fsp3) is 0.125. The Morgan fingerprint density at radius 2 is 1.95 bits per heavy atom. The molecule has 0 aliphatic carbocycles. The third kappa shape index (κ3) is 2.40. The number of nitrogens with zero attached hydrogens (tertiary/aromatic N) is 10. The van der Waals surface area contributed by atoms with Gasteiger partial charge in [-0.25, -0.2) is 5.10 Å². The number of aryl methyl sites for hydroxylation is 1. The number of nitrogens with one attached hydrogen (secondary N) is 2. The number of anilines is 3. The molecule has 0 aliphatic rings. The lowest BCUT2D eigenvalue weighted by atomic mass is 10.7. The normalized spacial score (nSPS) is 10.3. The maximum atomic E-state index is 8.61. The van der Waals surface area contributed by atoms with Gasteiger partial charge < -0.3 is 5.73 Å². The van der Waals surface area contributed by atoms with Crippen molar-refractivity contribution in [3.63, 3.8) is 0 Å². The van der Waals surface area contributed by atoms with Crippen LogP contribution in [0.1, 0.15) is 11.6 Å². The predicted octanol–water partition coefficient (Wildman–Crippen LogP) is -1.53. The van der Waals surface area contributed by atoms with Crippen molar-refractivity contribution < 1.29 is 0 Å². The van der Waals surface area contributed by atoms with Crippen molar-refractivity contribution in [2.75, 3.05) is 11.1 Å². The molecule has 0 atom stereocenters. The van der Waals surface area contributed by atoms with Gasteiger partial charge >= 0.3 is 0 Å². The predicted molar refractivity (Wildman–Crippen MR) is 66.1 cm³/mol. The van der Waals surface area contributed by atoms with Gasteiger partial charge in [-0.15, -0.1) is 30.6 Å². The van der Waals surface area contributed by atoms with Crippen LogP contribution < -0.4 is 11.1 Å². The molecule has 0 aromatic carbocycles. The summed E-state index contributed by atoms with van der Waals surface area (Å²) in [5.74, 6) is 0.913. The number of nitriles is 1. The molecule has 0 amide bonds. The summed E-state index contributed by atoms with van der Waals surface area (Å²) in [7, 11) is 0. The molecule has 0 spiro atoms. The molecule has 3 heterocycles. The van der Waals surface area contributed by atoms with Crippen LogP contribution in [0.15, 0.2) is 0 Å². The molecule has 13 nitrogen and oxygen atoms in total. The summed E-state index contributed by atoms with van der Waals surface area (Å²) in [6.45, 7) is 1.68. The van der Waals surface area contributed by atoms with Crippen molar-refractivity contribution >= 4 is 17.8 Å². The molecule has 104 valence electrons. The number of rotatable bonds is 3. The molecular formula is C8H7N13. The first-order valence-corrected chi connectivity index (χ1v) is 5.52. The van der Waals surface area contributed by atoms with Crippen LogP contribution in [0.25, 0.3) is 5.95 Å². The highest BCUT2D eigenvalue weighted by Gasteiger charge is 2.11. The molecule has 13 heteroatoms. The van der Waals surface area contributed by atoms with Crippen molar-refractivity contribution in [2.24, 2.45) is 0 Å². The Balaban J connectivity index is 1.81. The third-order valence-electron chi connectivity index (χ3n) is 2.21. The first-order chi connectivity index (χ1) is 10.2. The fourth-order valence-corrected chi connectivity index (χ4v) is 1.41. The van der Waals surface area contributed by atoms with Gasteiger partial charge in [0.15, 0.2) is 0 Å². The van der Waals surface area contributed by atoms with Crippen LogP contribution in [0.5, 0.6) is 0 Å². The Hall–Kier alpha value is -3.69. The highest BCUT2D eigenvalue weighted by Crippen LogP contribution is 2.07. The van der Waals surface area contributed by atoms with Gasteiger partial charge in [-0.3, -0.25) is 5.32 Å². The zero-order chi connectivity index (χ0) is 14.8. The third-order valence-corrected chi connectivity index (χ3v) is 2.21. The lowest BCUT2D eigenvalue weighted by Gasteiger charge is -2.00. The number of H-pyrrole nitrogens is 1. The van der Waals surface area contributed by atoms with Gasteiger partial charge in [-0.05, 0) is 6.92 Å². The van der Waals surface area contributed by atoms with E-state index >= 15 is 0 Å². The molecule has 0 saturated heterocycles. The summed E-state index contributed by atoms with van der Waals surface area (Å²) >= 11 is 0. The molecule has 0 saturated carbocycles. The van der Waals surface area contributed by atoms with Gasteiger partial charge in [0.1, 0.15) is 11.9 Å². The molecule has 4 N–H and O–H groups in total. The van der Waals surface area contributed by atoms with Gasteiger partial charge in [-0.2, -0.15) is 19.9 Å². The number of hydrogen-bond acceptors (Lipinski definition) is 11. The monoisotopic (exact) mass is 285 g/mol. The number of aromatic amines is 1. The van der Waals surface area contributed by atoms with Gasteiger partial charge in [0.05, 0.1) is 0 Å². The zero-order valence-corrected chi connectivity index (χ0v) is 10.5. The van der Waals surface area contributed by atoms with Crippen molar-refractivity contribution in [1.82, 2.24) is 50.3 Å². The molecule has 0 bridgehead atoms. The molecule has 0 unspecified atom stereocenters. The Morgan fingerprint density at radius 1 is 1.19 bits per heavy atom. The van der Waals surface area contributed by atoms with E-state index in [1.807, 2.05) is 0 Å². The van der Waals surface area contributed by atoms with Gasteiger partial charge in [-0.1, -0.05) is 0 Å². The van der Waals surface area contributed by atoms with Crippen LogP contribution in [0.2, 0.25) is 0 Å². The summed E-state index contributed by atoms with van der Waals surface area (Å²) < 4.78 is 1.21. The average Bonchev–Trinajstić information content (AvgIpc) is 3.06. The number of nitrogen functional groups attached to an aromatic ring is 1. The average molecular weight is 285 g/mol. The highest BCUT2D eigenvalue weighted by molar-refractivity contribution is 5.41. The lowest BCUT2D eigenvalue weighted by Crippen LogP contribution is -2.11. The molecule has 3 rings (SSSR count). The Bertz CT molecular complexity index is 806. The summed E-state index contributed by atoms with van der Waals surface area (Å²) in [5.41, 5.74) is 5.64. The molecule has 3 aromatic rings. The highest BCUT2D eigenvalue weighted by atomic mass is 15.5. The molecule has 0 fully saturated rings. The second-order valence-corrected chi connectivity index (χ2v) is 3.70. The first kappa shape index (κ1) is 12.3. The molecule has 0 radical (unpaired) electrons. The topological polar surface area (TPSA) is 186 Å². The van der Waals surface area contributed by atoms with E-state index in [0.29, 0.717) is 5.82 Å². The fourth-order valence-electron chi connectivity index (χ4n) is 1.41. The summed E-state index contributed by atoms with van der Waals surface area (Å²) in [6, 6.07) is 1.80. The van der Waals surface area contributed by atoms with E-state index in [4.69, 9.17) is 11.0 Å². The molecule has 3 aromatic heterocycles. The maximum absolute atomic E-state index is 8.61. The molecular weight excluding hydrogens is 278 g/mol. The standard InChI is InChI=1S/C8H7N13/c1-3-11-5(10)21(20-3)8-18-16-7(17-19-8)13-6-12-4(2-9)14-15-6/h1H3,(H2,10,11,20)(H2,12,13,14,15,16,17). The maximum Gasteiger partial charge on any atom is 0.292 e. The van der Waals surface area contributed by atoms with E-state index in [2.05, 4.69) is 51.0 Å². The Kier molecular flexibility index (Phi) is 2.81. The second-order valence-electron chi connectivity index (χ2n) is 3.70. The SMILES string of the molecule is Cc1nc(N)n(-c2nnc(Nc3n[nH]c(C#N)n3)nn2)n1. The van der Waals surface area contributed by atoms with Crippen LogP contribution >= 0.6 is 0 Å². The van der Waals surface area contributed by atoms with Crippen molar-refractivity contribution in [2.45, 2.75) is 6.92 Å². The number of aromatic nitrogens is 10. The Morgan fingerprint density at radius 3 is 2.52 bits per heavy atom. The van der Waals surface area contributed by atoms with Crippen LogP contribution in [0.3, 0.4) is 0 Å². The van der Waals surface area contributed by atoms with E-state index < -0.39 is 0 Å². The van der Waals surface area contributed by atoms with E-state index in [9.17, 15) is 0 Å². The van der Waals surface area contributed by atoms with E-state index in [1.165, 1.54) is 4.68 Å². The number of nitrogens with two attached hydrogens (primary N) is 1. The minimum atomic E-state index is 0.0534. The molecule has 0 aliphatic heterocycles. The van der Waals surface area contributed by atoms with E-state index in [0.717, 1.165) is 0 Å². The van der Waals surface area contributed by atoms with Gasteiger partial charge in [0.2, 0.25) is 17.7 Å². The van der Waals surface area contributed by atoms with Crippen LogP contribution in [-0.4, -0.2) is 50.3 Å². The number of hydrogen-bond donors (Lipinski definition) is 3. The van der Waals surface area contributed by atoms with E-state index in [-0.39, 0.29) is 29.6 Å². The largest absolute Gasteiger partial charge is 0.368 e. The van der Waals surface area contributed by atoms with Crippen molar-refractivity contribution in [3.8, 4) is 12.0 Å². The van der Waals surface area contributed by atoms with Crippen LogP contribution in [-0.2, 0) is 0 Å². The van der Waals surface area contributed by atoms with Gasteiger partial charge in [0.25, 0.3) is 11.9 Å². The van der Waals surface area contributed by atoms with Crippen LogP contribution in [0.4, 0.5) is 17.8 Å². The smallest absolute Gasteiger partial charge is 0.292 e. The lowest BCUT2D eigenvalue weighted by molar-refractivity contribution is 0.733. The van der Waals surface area contributed by atoms with E-state index in [1.54, 1.807) is 13.0 Å². The zero-order valence-electron chi connectivity index (χ0n) is 10.5. The van der Waals surface area contributed by atoms with Crippen molar-refractivity contribution in [1.29, 1.82) is 5.26 Å². The van der Waals surface area contributed by atoms with Crippen molar-refractivity contribution in [3.05, 3.63) is 11.6 Å². The molecule has 21 heavy (non-hydrogen) atoms. The van der Waals surface area contributed by atoms with Gasteiger partial charge in [0, 0.05) is 0 Å². The minimum Gasteiger partial charge on any atom is -0.368 e. The van der Waals surface area contributed by atoms with Crippen LogP contribution in [0, 0.1) is 18.3 Å². The summed E-state index contributed by atoms with van der Waals surface area (Å²) in [5, 5.41) is 36.5. The minimum absolute atomic E-state index is 0.0534. The summed E-state index contributed by atoms with van der Waals surface area (Å²) in [4.78, 5) is 7.71. The first-order valence-electron chi connectivity index (χ1n) is 5.52. The summed E-state index contributed by atoms with van der Waals surface area (Å²) in [6.07, 6.45) is 0. The quantitative estimate of drug-likeness (QED) is 0.506. The Labute approximate surface area is 116 Å². The second kappa shape index (κ2) is 4.77.